The number of rotatable bonds is 5. The molecule has 0 saturated heterocycles. The predicted octanol–water partition coefficient (Wildman–Crippen LogP) is 2.88. The van der Waals surface area contributed by atoms with Gasteiger partial charge in [0.25, 0.3) is 0 Å². The average molecular weight is 371 g/mol. The fourth-order valence-electron chi connectivity index (χ4n) is 2.14. The normalized spacial score (nSPS) is 11.3. The molecule has 2 aromatic carbocycles. The highest BCUT2D eigenvalue weighted by Gasteiger charge is 2.17. The number of benzene rings is 2. The summed E-state index contributed by atoms with van der Waals surface area (Å²) < 4.78 is 39.8. The Balaban J connectivity index is 2.23. The summed E-state index contributed by atoms with van der Waals surface area (Å²) in [6.45, 7) is 1.65. The number of carbonyl (C=O) groups excluding carboxylic acids is 1. The van der Waals surface area contributed by atoms with E-state index in [2.05, 4.69) is 10.0 Å². The molecule has 0 aliphatic heterocycles. The van der Waals surface area contributed by atoms with Crippen LogP contribution in [-0.2, 0) is 21.2 Å². The van der Waals surface area contributed by atoms with Gasteiger partial charge < -0.3 is 5.32 Å². The van der Waals surface area contributed by atoms with E-state index in [4.69, 9.17) is 11.6 Å². The maximum Gasteiger partial charge on any atom is 0.240 e. The highest BCUT2D eigenvalue weighted by Crippen LogP contribution is 2.22. The molecule has 24 heavy (non-hydrogen) atoms. The highest BCUT2D eigenvalue weighted by molar-refractivity contribution is 7.89. The molecule has 0 aliphatic carbocycles. The Labute approximate surface area is 144 Å². The lowest BCUT2D eigenvalue weighted by Gasteiger charge is -2.11. The fourth-order valence-corrected chi connectivity index (χ4v) is 3.37. The van der Waals surface area contributed by atoms with E-state index >= 15 is 0 Å². The molecule has 8 heteroatoms. The maximum absolute atomic E-state index is 13.7. The summed E-state index contributed by atoms with van der Waals surface area (Å²) in [5.74, 6) is -1.07. The zero-order valence-corrected chi connectivity index (χ0v) is 14.6. The van der Waals surface area contributed by atoms with Gasteiger partial charge in [0, 0.05) is 16.3 Å². The Kier molecular flexibility index (Phi) is 5.58. The molecule has 128 valence electrons. The third-order valence-corrected chi connectivity index (χ3v) is 5.34. The van der Waals surface area contributed by atoms with Gasteiger partial charge in [0.15, 0.2) is 0 Å². The average Bonchev–Trinajstić information content (AvgIpc) is 2.53. The van der Waals surface area contributed by atoms with Crippen molar-refractivity contribution < 1.29 is 17.6 Å². The summed E-state index contributed by atoms with van der Waals surface area (Å²) in [5, 5.41) is 2.71. The molecule has 0 atom stereocenters. The van der Waals surface area contributed by atoms with E-state index in [1.807, 2.05) is 0 Å². The predicted molar refractivity (Wildman–Crippen MR) is 91.2 cm³/mol. The van der Waals surface area contributed by atoms with Gasteiger partial charge in [-0.25, -0.2) is 17.5 Å². The number of halogens is 2. The third-order valence-electron chi connectivity index (χ3n) is 3.43. The number of sulfonamides is 1. The van der Waals surface area contributed by atoms with E-state index in [0.717, 1.165) is 0 Å². The molecule has 0 aliphatic rings. The van der Waals surface area contributed by atoms with Crippen molar-refractivity contribution in [3.05, 3.63) is 58.4 Å². The molecule has 0 unspecified atom stereocenters. The number of nitrogens with one attached hydrogen (secondary N) is 2. The van der Waals surface area contributed by atoms with Gasteiger partial charge in [-0.05, 0) is 43.8 Å². The van der Waals surface area contributed by atoms with Crippen LogP contribution in [0.1, 0.15) is 11.1 Å². The van der Waals surface area contributed by atoms with Crippen molar-refractivity contribution >= 4 is 33.2 Å². The van der Waals surface area contributed by atoms with E-state index in [-0.39, 0.29) is 21.9 Å². The van der Waals surface area contributed by atoms with E-state index in [0.29, 0.717) is 11.3 Å². The van der Waals surface area contributed by atoms with Crippen LogP contribution in [0, 0.1) is 12.7 Å². The monoisotopic (exact) mass is 370 g/mol. The van der Waals surface area contributed by atoms with Crippen LogP contribution in [0.4, 0.5) is 10.1 Å². The van der Waals surface area contributed by atoms with Crippen LogP contribution in [0.2, 0.25) is 5.02 Å². The second kappa shape index (κ2) is 7.29. The highest BCUT2D eigenvalue weighted by atomic mass is 35.5. The van der Waals surface area contributed by atoms with Gasteiger partial charge in [0.05, 0.1) is 11.3 Å². The molecule has 0 radical (unpaired) electrons. The first kappa shape index (κ1) is 18.4. The van der Waals surface area contributed by atoms with Crippen molar-refractivity contribution in [2.45, 2.75) is 18.2 Å². The first-order valence-corrected chi connectivity index (χ1v) is 8.87. The van der Waals surface area contributed by atoms with Gasteiger partial charge in [0.1, 0.15) is 5.82 Å². The van der Waals surface area contributed by atoms with Crippen molar-refractivity contribution in [1.29, 1.82) is 0 Å². The number of hydrogen-bond acceptors (Lipinski definition) is 3. The number of amides is 1. The third kappa shape index (κ3) is 4.11. The molecule has 2 rings (SSSR count). The van der Waals surface area contributed by atoms with E-state index in [9.17, 15) is 17.6 Å². The Hall–Kier alpha value is -1.96. The van der Waals surface area contributed by atoms with E-state index in [1.54, 1.807) is 19.1 Å². The lowest BCUT2D eigenvalue weighted by Crippen LogP contribution is -2.20. The summed E-state index contributed by atoms with van der Waals surface area (Å²) >= 11 is 5.89. The first-order valence-electron chi connectivity index (χ1n) is 7.01. The second-order valence-corrected chi connectivity index (χ2v) is 7.38. The second-order valence-electron chi connectivity index (χ2n) is 5.11. The van der Waals surface area contributed by atoms with Crippen LogP contribution < -0.4 is 10.0 Å². The number of aryl methyl sites for hydroxylation is 1. The SMILES string of the molecule is CNS(=O)(=O)c1cc(NC(=O)Cc2c(F)cccc2Cl)ccc1C. The molecular weight excluding hydrogens is 355 g/mol. The summed E-state index contributed by atoms with van der Waals surface area (Å²) in [6, 6.07) is 8.67. The number of anilines is 1. The van der Waals surface area contributed by atoms with Crippen LogP contribution in [0.5, 0.6) is 0 Å². The van der Waals surface area contributed by atoms with Crippen molar-refractivity contribution in [3.8, 4) is 0 Å². The molecule has 2 aromatic rings. The van der Waals surface area contributed by atoms with Crippen LogP contribution in [0.15, 0.2) is 41.3 Å². The molecule has 0 heterocycles. The van der Waals surface area contributed by atoms with Gasteiger partial charge in [-0.15, -0.1) is 0 Å². The van der Waals surface area contributed by atoms with Crippen LogP contribution >= 0.6 is 11.6 Å². The van der Waals surface area contributed by atoms with Crippen LogP contribution in [-0.4, -0.2) is 21.4 Å². The minimum atomic E-state index is -3.64. The van der Waals surface area contributed by atoms with Crippen molar-refractivity contribution in [1.82, 2.24) is 4.72 Å². The molecule has 0 spiro atoms. The van der Waals surface area contributed by atoms with Gasteiger partial charge in [-0.1, -0.05) is 23.7 Å². The van der Waals surface area contributed by atoms with Crippen LogP contribution in [0.3, 0.4) is 0 Å². The standard InChI is InChI=1S/C16H16ClFN2O3S/c1-10-6-7-11(8-15(10)24(22,23)19-2)20-16(21)9-12-13(17)4-3-5-14(12)18/h3-8,19H,9H2,1-2H3,(H,20,21). The lowest BCUT2D eigenvalue weighted by atomic mass is 10.1. The minimum Gasteiger partial charge on any atom is -0.326 e. The van der Waals surface area contributed by atoms with Gasteiger partial charge in [-0.2, -0.15) is 0 Å². The Morgan fingerprint density at radius 3 is 2.58 bits per heavy atom. The zero-order valence-electron chi connectivity index (χ0n) is 13.1. The summed E-state index contributed by atoms with van der Waals surface area (Å²) in [4.78, 5) is 12.2. The van der Waals surface area contributed by atoms with Gasteiger partial charge in [0.2, 0.25) is 15.9 Å². The topological polar surface area (TPSA) is 75.3 Å². The smallest absolute Gasteiger partial charge is 0.240 e. The molecule has 0 aromatic heterocycles. The number of hydrogen-bond donors (Lipinski definition) is 2. The Bertz CT molecular complexity index is 865. The lowest BCUT2D eigenvalue weighted by molar-refractivity contribution is -0.115. The first-order chi connectivity index (χ1) is 11.2. The molecule has 1 amide bonds. The summed E-state index contributed by atoms with van der Waals surface area (Å²) in [7, 11) is -2.34. The summed E-state index contributed by atoms with van der Waals surface area (Å²) in [6.07, 6.45) is -0.256. The Morgan fingerprint density at radius 2 is 1.96 bits per heavy atom. The summed E-state index contributed by atoms with van der Waals surface area (Å²) in [5.41, 5.74) is 0.929. The van der Waals surface area contributed by atoms with E-state index in [1.165, 1.54) is 31.3 Å². The van der Waals surface area contributed by atoms with Crippen molar-refractivity contribution in [2.24, 2.45) is 0 Å². The maximum atomic E-state index is 13.7. The molecule has 5 nitrogen and oxygen atoms in total. The zero-order chi connectivity index (χ0) is 17.9. The Morgan fingerprint density at radius 1 is 1.25 bits per heavy atom. The van der Waals surface area contributed by atoms with Gasteiger partial charge in [-0.3, -0.25) is 4.79 Å². The molecule has 0 fully saturated rings. The molecular formula is C16H16ClFN2O3S. The number of carbonyl (C=O) groups is 1. The van der Waals surface area contributed by atoms with Crippen molar-refractivity contribution in [2.75, 3.05) is 12.4 Å². The van der Waals surface area contributed by atoms with Crippen molar-refractivity contribution in [3.63, 3.8) is 0 Å². The molecule has 2 N–H and O–H groups in total. The largest absolute Gasteiger partial charge is 0.326 e. The fraction of sp³-hybridized carbons (Fsp3) is 0.188. The van der Waals surface area contributed by atoms with Crippen LogP contribution in [0.25, 0.3) is 0 Å². The van der Waals surface area contributed by atoms with E-state index < -0.39 is 21.7 Å². The molecule has 0 bridgehead atoms. The van der Waals surface area contributed by atoms with Gasteiger partial charge >= 0.3 is 0 Å². The minimum absolute atomic E-state index is 0.0618. The quantitative estimate of drug-likeness (QED) is 0.849. The molecule has 0 saturated carbocycles.